The highest BCUT2D eigenvalue weighted by molar-refractivity contribution is 6.39. The predicted molar refractivity (Wildman–Crippen MR) is 71.0 cm³/mol. The summed E-state index contributed by atoms with van der Waals surface area (Å²) in [5, 5.41) is 16.8. The minimum absolute atomic E-state index is 0.0815. The molecule has 1 heterocycles. The molecule has 2 N–H and O–H groups in total. The van der Waals surface area contributed by atoms with Gasteiger partial charge in [-0.3, -0.25) is 14.4 Å². The van der Waals surface area contributed by atoms with Crippen molar-refractivity contribution in [3.05, 3.63) is 0 Å². The lowest BCUT2D eigenvalue weighted by molar-refractivity contribution is -0.141. The lowest BCUT2D eigenvalue weighted by Crippen LogP contribution is -2.46. The van der Waals surface area contributed by atoms with Crippen LogP contribution in [-0.4, -0.2) is 47.2 Å². The van der Waals surface area contributed by atoms with Gasteiger partial charge in [0.2, 0.25) is 5.91 Å². The summed E-state index contributed by atoms with van der Waals surface area (Å²) >= 11 is 0. The van der Waals surface area contributed by atoms with E-state index < -0.39 is 5.97 Å². The number of carboxylic acid groups (broad SMARTS) is 1. The van der Waals surface area contributed by atoms with Gasteiger partial charge in [0, 0.05) is 26.4 Å². The minimum Gasteiger partial charge on any atom is -0.481 e. The monoisotopic (exact) mass is 281 g/mol. The molecule has 1 saturated carbocycles. The van der Waals surface area contributed by atoms with Crippen molar-refractivity contribution in [3.8, 4) is 0 Å². The van der Waals surface area contributed by atoms with E-state index >= 15 is 0 Å². The molecule has 0 radical (unpaired) electrons. The molecule has 1 aliphatic carbocycles. The zero-order chi connectivity index (χ0) is 14.8. The molecule has 2 rings (SSSR count). The molecule has 7 heteroatoms. The Bertz CT molecular complexity index is 468. The minimum atomic E-state index is -0.834. The summed E-state index contributed by atoms with van der Waals surface area (Å²) in [7, 11) is 1.52. The van der Waals surface area contributed by atoms with Gasteiger partial charge in [-0.25, -0.2) is 5.01 Å². The zero-order valence-corrected chi connectivity index (χ0v) is 11.5. The second-order valence-electron chi connectivity index (χ2n) is 5.57. The van der Waals surface area contributed by atoms with E-state index in [1.807, 2.05) is 0 Å². The molecule has 1 fully saturated rings. The standard InChI is InChI=1S/C13H19N3O4/c1-16-10(17)4-3-9(15-16)12(20)14-8-13(5-2-6-13)7-11(18)19/h2-8H2,1H3,(H,14,20)(H,18,19). The Morgan fingerprint density at radius 2 is 2.10 bits per heavy atom. The Labute approximate surface area is 117 Å². The molecule has 7 nitrogen and oxygen atoms in total. The molecular weight excluding hydrogens is 262 g/mol. The molecule has 20 heavy (non-hydrogen) atoms. The molecule has 0 aromatic heterocycles. The van der Waals surface area contributed by atoms with Crippen molar-refractivity contribution >= 4 is 23.5 Å². The van der Waals surface area contributed by atoms with Gasteiger partial charge < -0.3 is 10.4 Å². The van der Waals surface area contributed by atoms with Crippen LogP contribution in [0, 0.1) is 5.41 Å². The number of rotatable bonds is 5. The van der Waals surface area contributed by atoms with Crippen molar-refractivity contribution in [1.29, 1.82) is 0 Å². The first-order chi connectivity index (χ1) is 9.42. The van der Waals surface area contributed by atoms with Crippen molar-refractivity contribution in [1.82, 2.24) is 10.3 Å². The lowest BCUT2D eigenvalue weighted by atomic mass is 9.66. The van der Waals surface area contributed by atoms with Gasteiger partial charge in [0.15, 0.2) is 0 Å². The van der Waals surface area contributed by atoms with Crippen LogP contribution in [0.2, 0.25) is 0 Å². The van der Waals surface area contributed by atoms with Crippen molar-refractivity contribution < 1.29 is 19.5 Å². The topological polar surface area (TPSA) is 99.1 Å². The number of hydrogen-bond acceptors (Lipinski definition) is 4. The molecule has 0 aromatic carbocycles. The van der Waals surface area contributed by atoms with Crippen LogP contribution in [0.25, 0.3) is 0 Å². The van der Waals surface area contributed by atoms with Crippen LogP contribution >= 0.6 is 0 Å². The van der Waals surface area contributed by atoms with Crippen LogP contribution in [0.1, 0.15) is 38.5 Å². The van der Waals surface area contributed by atoms with Crippen LogP contribution in [-0.2, 0) is 14.4 Å². The Morgan fingerprint density at radius 3 is 2.60 bits per heavy atom. The number of carbonyl (C=O) groups is 3. The first-order valence-corrected chi connectivity index (χ1v) is 6.76. The third kappa shape index (κ3) is 3.15. The Hall–Kier alpha value is -1.92. The number of amides is 2. The maximum absolute atomic E-state index is 12.0. The smallest absolute Gasteiger partial charge is 0.303 e. The number of nitrogens with one attached hydrogen (secondary N) is 1. The molecule has 0 unspecified atom stereocenters. The maximum atomic E-state index is 12.0. The summed E-state index contributed by atoms with van der Waals surface area (Å²) in [5.41, 5.74) is 0.0234. The maximum Gasteiger partial charge on any atom is 0.303 e. The van der Waals surface area contributed by atoms with E-state index in [0.29, 0.717) is 18.7 Å². The predicted octanol–water partition coefficient (Wildman–Crippen LogP) is 0.356. The van der Waals surface area contributed by atoms with Crippen LogP contribution in [0.5, 0.6) is 0 Å². The summed E-state index contributed by atoms with van der Waals surface area (Å²) in [6, 6.07) is 0. The number of nitrogens with zero attached hydrogens (tertiary/aromatic N) is 2. The molecule has 0 saturated heterocycles. The highest BCUT2D eigenvalue weighted by Gasteiger charge is 2.39. The van der Waals surface area contributed by atoms with Crippen LogP contribution < -0.4 is 5.32 Å². The molecule has 2 amide bonds. The van der Waals surface area contributed by atoms with Crippen LogP contribution in [0.3, 0.4) is 0 Å². The van der Waals surface area contributed by atoms with Crippen molar-refractivity contribution in [3.63, 3.8) is 0 Å². The van der Waals surface area contributed by atoms with E-state index in [-0.39, 0.29) is 30.1 Å². The molecule has 0 bridgehead atoms. The highest BCUT2D eigenvalue weighted by Crippen LogP contribution is 2.43. The zero-order valence-electron chi connectivity index (χ0n) is 11.5. The number of carbonyl (C=O) groups excluding carboxylic acids is 2. The Morgan fingerprint density at radius 1 is 1.40 bits per heavy atom. The fraction of sp³-hybridized carbons (Fsp3) is 0.692. The summed E-state index contributed by atoms with van der Waals surface area (Å²) in [5.74, 6) is -1.25. The van der Waals surface area contributed by atoms with Gasteiger partial charge in [-0.2, -0.15) is 5.10 Å². The van der Waals surface area contributed by atoms with E-state index in [1.54, 1.807) is 0 Å². The van der Waals surface area contributed by atoms with Crippen LogP contribution in [0.4, 0.5) is 0 Å². The van der Waals surface area contributed by atoms with Gasteiger partial charge in [0.25, 0.3) is 5.91 Å². The van der Waals surface area contributed by atoms with Crippen molar-refractivity contribution in [2.24, 2.45) is 10.5 Å². The summed E-state index contributed by atoms with van der Waals surface area (Å²) in [6.45, 7) is 0.356. The van der Waals surface area contributed by atoms with E-state index in [1.165, 1.54) is 12.1 Å². The van der Waals surface area contributed by atoms with Crippen molar-refractivity contribution in [2.75, 3.05) is 13.6 Å². The molecule has 1 aliphatic heterocycles. The van der Waals surface area contributed by atoms with Gasteiger partial charge in [-0.1, -0.05) is 6.42 Å². The molecule has 0 spiro atoms. The van der Waals surface area contributed by atoms with E-state index in [4.69, 9.17) is 5.11 Å². The van der Waals surface area contributed by atoms with Gasteiger partial charge in [0.1, 0.15) is 5.71 Å². The Balaban J connectivity index is 1.90. The summed E-state index contributed by atoms with van der Waals surface area (Å²) < 4.78 is 0. The third-order valence-electron chi connectivity index (χ3n) is 4.03. The molecular formula is C13H19N3O4. The third-order valence-corrected chi connectivity index (χ3v) is 4.03. The molecule has 0 atom stereocenters. The average Bonchev–Trinajstić information content (AvgIpc) is 2.35. The molecule has 0 aromatic rings. The first kappa shape index (κ1) is 14.5. The van der Waals surface area contributed by atoms with Gasteiger partial charge in [0.05, 0.1) is 6.42 Å². The second kappa shape index (κ2) is 5.60. The quantitative estimate of drug-likeness (QED) is 0.759. The highest BCUT2D eigenvalue weighted by atomic mass is 16.4. The van der Waals surface area contributed by atoms with E-state index in [2.05, 4.69) is 10.4 Å². The van der Waals surface area contributed by atoms with Gasteiger partial charge in [-0.15, -0.1) is 0 Å². The van der Waals surface area contributed by atoms with Crippen LogP contribution in [0.15, 0.2) is 5.10 Å². The number of hydrogen-bond donors (Lipinski definition) is 2. The van der Waals surface area contributed by atoms with Gasteiger partial charge in [-0.05, 0) is 18.3 Å². The SMILES string of the molecule is CN1N=C(C(=O)NCC2(CC(=O)O)CCC2)CCC1=O. The lowest BCUT2D eigenvalue weighted by Gasteiger charge is -2.40. The number of hydrazone groups is 1. The molecule has 2 aliphatic rings. The Kier molecular flexibility index (Phi) is 4.06. The van der Waals surface area contributed by atoms with E-state index in [0.717, 1.165) is 19.3 Å². The molecule has 110 valence electrons. The van der Waals surface area contributed by atoms with Gasteiger partial charge >= 0.3 is 5.97 Å². The number of aliphatic carboxylic acids is 1. The normalized spacial score (nSPS) is 20.9. The fourth-order valence-corrected chi connectivity index (χ4v) is 2.62. The van der Waals surface area contributed by atoms with Crippen molar-refractivity contribution in [2.45, 2.75) is 38.5 Å². The average molecular weight is 281 g/mol. The largest absolute Gasteiger partial charge is 0.481 e. The second-order valence-corrected chi connectivity index (χ2v) is 5.57. The fourth-order valence-electron chi connectivity index (χ4n) is 2.62. The number of carboxylic acids is 1. The first-order valence-electron chi connectivity index (χ1n) is 6.76. The van der Waals surface area contributed by atoms with E-state index in [9.17, 15) is 14.4 Å². The summed E-state index contributed by atoms with van der Waals surface area (Å²) in [4.78, 5) is 34.1. The summed E-state index contributed by atoms with van der Waals surface area (Å²) in [6.07, 6.45) is 3.35.